The number of hydrogen-bond acceptors (Lipinski definition) is 3. The van der Waals surface area contributed by atoms with Gasteiger partial charge in [0.15, 0.2) is 0 Å². The van der Waals surface area contributed by atoms with Gasteiger partial charge in [-0.2, -0.15) is 0 Å². The van der Waals surface area contributed by atoms with Crippen LogP contribution in [-0.2, 0) is 21.2 Å². The molecule has 122 valence electrons. The number of nitrogens with one attached hydrogen (secondary N) is 2. The summed E-state index contributed by atoms with van der Waals surface area (Å²) < 4.78 is 26.5. The Hall–Kier alpha value is -1.89. The highest BCUT2D eigenvalue weighted by Crippen LogP contribution is 2.19. The summed E-state index contributed by atoms with van der Waals surface area (Å²) in [5, 5.41) is 2.74. The van der Waals surface area contributed by atoms with E-state index in [2.05, 4.69) is 10.0 Å². The fraction of sp³-hybridized carbons (Fsp3) is 0.188. The van der Waals surface area contributed by atoms with Crippen LogP contribution in [0.1, 0.15) is 12.5 Å². The summed E-state index contributed by atoms with van der Waals surface area (Å²) in [7, 11) is -3.83. The summed E-state index contributed by atoms with van der Waals surface area (Å²) in [6, 6.07) is 13.4. The molecule has 0 spiro atoms. The second-order valence-corrected chi connectivity index (χ2v) is 7.00. The molecule has 0 unspecified atom stereocenters. The second kappa shape index (κ2) is 7.59. The molecular formula is C16H17ClN2O3S. The Balaban J connectivity index is 1.97. The van der Waals surface area contributed by atoms with Gasteiger partial charge in [0.25, 0.3) is 0 Å². The first-order chi connectivity index (χ1) is 10.9. The Morgan fingerprint density at radius 1 is 1.09 bits per heavy atom. The van der Waals surface area contributed by atoms with Crippen LogP contribution in [-0.4, -0.2) is 20.9 Å². The number of aryl methyl sites for hydroxylation is 1. The lowest BCUT2D eigenvalue weighted by molar-refractivity contribution is -0.115. The third kappa shape index (κ3) is 4.79. The van der Waals surface area contributed by atoms with Crippen molar-refractivity contribution in [2.24, 2.45) is 0 Å². The van der Waals surface area contributed by atoms with Gasteiger partial charge in [0, 0.05) is 5.69 Å². The zero-order chi connectivity index (χ0) is 16.9. The Labute approximate surface area is 140 Å². The van der Waals surface area contributed by atoms with Gasteiger partial charge >= 0.3 is 0 Å². The smallest absolute Gasteiger partial charge is 0.242 e. The minimum absolute atomic E-state index is 0.0539. The van der Waals surface area contributed by atoms with Crippen molar-refractivity contribution in [2.45, 2.75) is 18.2 Å². The van der Waals surface area contributed by atoms with Crippen LogP contribution >= 0.6 is 11.6 Å². The standard InChI is InChI=1S/C16H17ClN2O3S/c1-2-12-7-9-13(10-8-12)19-16(20)11-18-23(21,22)15-6-4-3-5-14(15)17/h3-10,18H,2,11H2,1H3,(H,19,20). The number of carbonyl (C=O) groups is 1. The lowest BCUT2D eigenvalue weighted by Gasteiger charge is -2.09. The molecule has 5 nitrogen and oxygen atoms in total. The monoisotopic (exact) mass is 352 g/mol. The normalized spacial score (nSPS) is 11.2. The minimum Gasteiger partial charge on any atom is -0.325 e. The molecular weight excluding hydrogens is 336 g/mol. The highest BCUT2D eigenvalue weighted by molar-refractivity contribution is 7.89. The van der Waals surface area contributed by atoms with Gasteiger partial charge in [-0.1, -0.05) is 42.8 Å². The predicted molar refractivity (Wildman–Crippen MR) is 91.1 cm³/mol. The van der Waals surface area contributed by atoms with Crippen molar-refractivity contribution in [1.29, 1.82) is 0 Å². The summed E-state index contributed by atoms with van der Waals surface area (Å²) in [5.41, 5.74) is 1.77. The van der Waals surface area contributed by atoms with E-state index in [0.29, 0.717) is 5.69 Å². The average molecular weight is 353 g/mol. The molecule has 0 saturated heterocycles. The van der Waals surface area contributed by atoms with E-state index in [1.54, 1.807) is 24.3 Å². The molecule has 0 fully saturated rings. The molecule has 1 amide bonds. The first kappa shape index (κ1) is 17.5. The molecule has 2 aromatic rings. The van der Waals surface area contributed by atoms with Crippen molar-refractivity contribution in [2.75, 3.05) is 11.9 Å². The maximum atomic E-state index is 12.1. The largest absolute Gasteiger partial charge is 0.325 e. The Morgan fingerprint density at radius 3 is 2.35 bits per heavy atom. The molecule has 2 rings (SSSR count). The summed E-state index contributed by atoms with van der Waals surface area (Å²) in [6.45, 7) is 1.67. The SMILES string of the molecule is CCc1ccc(NC(=O)CNS(=O)(=O)c2ccccc2Cl)cc1. The first-order valence-electron chi connectivity index (χ1n) is 7.05. The van der Waals surface area contributed by atoms with Crippen LogP contribution in [0.15, 0.2) is 53.4 Å². The predicted octanol–water partition coefficient (Wildman–Crippen LogP) is 2.82. The molecule has 0 aliphatic carbocycles. The number of sulfonamides is 1. The minimum atomic E-state index is -3.83. The molecule has 2 aromatic carbocycles. The van der Waals surface area contributed by atoms with Gasteiger partial charge in [-0.05, 0) is 36.2 Å². The molecule has 23 heavy (non-hydrogen) atoms. The number of amides is 1. The Morgan fingerprint density at radius 2 is 1.74 bits per heavy atom. The van der Waals surface area contributed by atoms with E-state index in [4.69, 9.17) is 11.6 Å². The molecule has 0 aromatic heterocycles. The van der Waals surface area contributed by atoms with Crippen molar-refractivity contribution in [1.82, 2.24) is 4.72 Å². The fourth-order valence-electron chi connectivity index (χ4n) is 1.93. The third-order valence-corrected chi connectivity index (χ3v) is 5.10. The van der Waals surface area contributed by atoms with Gasteiger partial charge in [0.1, 0.15) is 4.90 Å². The number of anilines is 1. The lowest BCUT2D eigenvalue weighted by atomic mass is 10.1. The molecule has 0 heterocycles. The second-order valence-electron chi connectivity index (χ2n) is 4.85. The van der Waals surface area contributed by atoms with E-state index in [1.165, 1.54) is 12.1 Å². The van der Waals surface area contributed by atoms with Gasteiger partial charge in [-0.15, -0.1) is 0 Å². The third-order valence-electron chi connectivity index (χ3n) is 3.19. The first-order valence-corrected chi connectivity index (χ1v) is 8.91. The number of rotatable bonds is 6. The van der Waals surface area contributed by atoms with Crippen molar-refractivity contribution < 1.29 is 13.2 Å². The zero-order valence-corrected chi connectivity index (χ0v) is 14.1. The van der Waals surface area contributed by atoms with E-state index < -0.39 is 15.9 Å². The number of hydrogen-bond donors (Lipinski definition) is 2. The highest BCUT2D eigenvalue weighted by Gasteiger charge is 2.18. The number of carbonyl (C=O) groups excluding carboxylic acids is 1. The van der Waals surface area contributed by atoms with E-state index >= 15 is 0 Å². The van der Waals surface area contributed by atoms with Crippen molar-refractivity contribution in [3.8, 4) is 0 Å². The van der Waals surface area contributed by atoms with Crippen molar-refractivity contribution in [3.05, 3.63) is 59.1 Å². The van der Waals surface area contributed by atoms with Gasteiger partial charge in [-0.3, -0.25) is 4.79 Å². The van der Waals surface area contributed by atoms with Crippen LogP contribution in [0.3, 0.4) is 0 Å². The van der Waals surface area contributed by atoms with E-state index in [9.17, 15) is 13.2 Å². The molecule has 7 heteroatoms. The molecule has 0 radical (unpaired) electrons. The lowest BCUT2D eigenvalue weighted by Crippen LogP contribution is -2.33. The molecule has 2 N–H and O–H groups in total. The van der Waals surface area contributed by atoms with Crippen LogP contribution < -0.4 is 10.0 Å². The highest BCUT2D eigenvalue weighted by atomic mass is 35.5. The van der Waals surface area contributed by atoms with Crippen LogP contribution in [0, 0.1) is 0 Å². The Bertz CT molecular complexity index is 789. The topological polar surface area (TPSA) is 75.3 Å². The molecule has 0 atom stereocenters. The average Bonchev–Trinajstić information content (AvgIpc) is 2.54. The molecule has 0 saturated carbocycles. The van der Waals surface area contributed by atoms with Crippen LogP contribution in [0.25, 0.3) is 0 Å². The zero-order valence-electron chi connectivity index (χ0n) is 12.5. The Kier molecular flexibility index (Phi) is 5.76. The molecule has 0 aliphatic rings. The van der Waals surface area contributed by atoms with E-state index in [0.717, 1.165) is 12.0 Å². The van der Waals surface area contributed by atoms with Crippen LogP contribution in [0.5, 0.6) is 0 Å². The summed E-state index contributed by atoms with van der Waals surface area (Å²) in [4.78, 5) is 11.8. The van der Waals surface area contributed by atoms with Gasteiger partial charge in [0.05, 0.1) is 11.6 Å². The summed E-state index contributed by atoms with van der Waals surface area (Å²) >= 11 is 5.86. The van der Waals surface area contributed by atoms with Crippen LogP contribution in [0.4, 0.5) is 5.69 Å². The molecule has 0 bridgehead atoms. The summed E-state index contributed by atoms with van der Waals surface area (Å²) in [6.07, 6.45) is 0.909. The fourth-order valence-corrected chi connectivity index (χ4v) is 3.43. The maximum Gasteiger partial charge on any atom is 0.242 e. The maximum absolute atomic E-state index is 12.1. The van der Waals surface area contributed by atoms with Gasteiger partial charge in [-0.25, -0.2) is 13.1 Å². The quantitative estimate of drug-likeness (QED) is 0.839. The van der Waals surface area contributed by atoms with Crippen molar-refractivity contribution in [3.63, 3.8) is 0 Å². The summed E-state index contributed by atoms with van der Waals surface area (Å²) in [5.74, 6) is -0.454. The van der Waals surface area contributed by atoms with E-state index in [-0.39, 0.29) is 16.5 Å². The number of halogens is 1. The van der Waals surface area contributed by atoms with Crippen molar-refractivity contribution >= 4 is 33.2 Å². The van der Waals surface area contributed by atoms with Gasteiger partial charge < -0.3 is 5.32 Å². The molecule has 0 aliphatic heterocycles. The van der Waals surface area contributed by atoms with Gasteiger partial charge in [0.2, 0.25) is 15.9 Å². The van der Waals surface area contributed by atoms with Crippen LogP contribution in [0.2, 0.25) is 5.02 Å². The number of benzene rings is 2. The van der Waals surface area contributed by atoms with E-state index in [1.807, 2.05) is 19.1 Å².